The Hall–Kier alpha value is -1.14. The van der Waals surface area contributed by atoms with Gasteiger partial charge in [0.25, 0.3) is 0 Å². The zero-order valence-corrected chi connectivity index (χ0v) is 10.8. The SMILES string of the molecule is CCc1onc(-c2cscc2Br)c1C(=O)O. The van der Waals surface area contributed by atoms with E-state index in [0.717, 1.165) is 10.0 Å². The zero-order chi connectivity index (χ0) is 11.7. The predicted molar refractivity (Wildman–Crippen MR) is 63.9 cm³/mol. The van der Waals surface area contributed by atoms with E-state index in [1.807, 2.05) is 17.7 Å². The van der Waals surface area contributed by atoms with Gasteiger partial charge in [-0.25, -0.2) is 4.79 Å². The molecule has 2 aromatic heterocycles. The molecule has 0 saturated heterocycles. The van der Waals surface area contributed by atoms with Gasteiger partial charge in [-0.3, -0.25) is 0 Å². The summed E-state index contributed by atoms with van der Waals surface area (Å²) in [4.78, 5) is 11.2. The Morgan fingerprint density at radius 2 is 2.38 bits per heavy atom. The van der Waals surface area contributed by atoms with Crippen LogP contribution >= 0.6 is 27.3 Å². The summed E-state index contributed by atoms with van der Waals surface area (Å²) in [6.07, 6.45) is 0.510. The van der Waals surface area contributed by atoms with Gasteiger partial charge in [0.1, 0.15) is 11.3 Å². The highest BCUT2D eigenvalue weighted by atomic mass is 79.9. The van der Waals surface area contributed by atoms with Crippen LogP contribution in [0.1, 0.15) is 23.0 Å². The molecular weight excluding hydrogens is 294 g/mol. The predicted octanol–water partition coefficient (Wildman–Crippen LogP) is 3.43. The molecule has 0 aliphatic carbocycles. The Kier molecular flexibility index (Phi) is 3.11. The van der Waals surface area contributed by atoms with Gasteiger partial charge in [0.2, 0.25) is 0 Å². The Morgan fingerprint density at radius 3 is 2.88 bits per heavy atom. The van der Waals surface area contributed by atoms with E-state index in [2.05, 4.69) is 21.1 Å². The minimum Gasteiger partial charge on any atom is -0.477 e. The van der Waals surface area contributed by atoms with Crippen molar-refractivity contribution < 1.29 is 14.4 Å². The summed E-state index contributed by atoms with van der Waals surface area (Å²) in [5.41, 5.74) is 1.30. The van der Waals surface area contributed by atoms with Crippen LogP contribution < -0.4 is 0 Å². The third kappa shape index (κ3) is 1.78. The van der Waals surface area contributed by atoms with Gasteiger partial charge in [-0.2, -0.15) is 11.3 Å². The van der Waals surface area contributed by atoms with E-state index in [1.165, 1.54) is 11.3 Å². The van der Waals surface area contributed by atoms with Crippen LogP contribution in [0, 0.1) is 0 Å². The van der Waals surface area contributed by atoms with Crippen LogP contribution in [-0.2, 0) is 6.42 Å². The van der Waals surface area contributed by atoms with E-state index in [-0.39, 0.29) is 5.56 Å². The van der Waals surface area contributed by atoms with Crippen LogP contribution in [0.2, 0.25) is 0 Å². The van der Waals surface area contributed by atoms with Crippen molar-refractivity contribution in [1.82, 2.24) is 5.16 Å². The molecule has 0 aliphatic rings. The largest absolute Gasteiger partial charge is 0.477 e. The summed E-state index contributed by atoms with van der Waals surface area (Å²) >= 11 is 4.83. The molecule has 0 radical (unpaired) electrons. The first-order chi connectivity index (χ1) is 7.65. The fourth-order valence-corrected chi connectivity index (χ4v) is 2.89. The molecule has 2 rings (SSSR count). The van der Waals surface area contributed by atoms with E-state index in [9.17, 15) is 4.79 Å². The van der Waals surface area contributed by atoms with Gasteiger partial charge in [-0.05, 0) is 15.9 Å². The minimum absolute atomic E-state index is 0.154. The van der Waals surface area contributed by atoms with Crippen molar-refractivity contribution in [2.24, 2.45) is 0 Å². The third-order valence-electron chi connectivity index (χ3n) is 2.17. The normalized spacial score (nSPS) is 10.6. The summed E-state index contributed by atoms with van der Waals surface area (Å²) in [5, 5.41) is 16.7. The molecule has 0 bridgehead atoms. The van der Waals surface area contributed by atoms with Crippen molar-refractivity contribution in [1.29, 1.82) is 0 Å². The third-order valence-corrected chi connectivity index (χ3v) is 3.87. The summed E-state index contributed by atoms with van der Waals surface area (Å²) in [7, 11) is 0. The highest BCUT2D eigenvalue weighted by Crippen LogP contribution is 2.34. The molecule has 84 valence electrons. The fraction of sp³-hybridized carbons (Fsp3) is 0.200. The Morgan fingerprint density at radius 1 is 1.62 bits per heavy atom. The molecule has 4 nitrogen and oxygen atoms in total. The molecule has 16 heavy (non-hydrogen) atoms. The smallest absolute Gasteiger partial charge is 0.341 e. The van der Waals surface area contributed by atoms with Crippen LogP contribution in [0.25, 0.3) is 11.3 Å². The summed E-state index contributed by atoms with van der Waals surface area (Å²) in [5.74, 6) is -0.605. The van der Waals surface area contributed by atoms with Crippen molar-refractivity contribution >= 4 is 33.2 Å². The first kappa shape index (κ1) is 11.3. The topological polar surface area (TPSA) is 63.3 Å². The standard InChI is InChI=1S/C10H8BrNO3S/c1-2-7-8(10(13)14)9(12-15-7)5-3-16-4-6(5)11/h3-4H,2H2,1H3,(H,13,14). The minimum atomic E-state index is -1.01. The first-order valence-electron chi connectivity index (χ1n) is 4.59. The van der Waals surface area contributed by atoms with Crippen molar-refractivity contribution in [3.05, 3.63) is 26.6 Å². The van der Waals surface area contributed by atoms with E-state index >= 15 is 0 Å². The molecule has 0 amide bonds. The second kappa shape index (κ2) is 4.39. The molecule has 0 spiro atoms. The fourth-order valence-electron chi connectivity index (χ4n) is 1.42. The highest BCUT2D eigenvalue weighted by molar-refractivity contribution is 9.10. The molecular formula is C10H8BrNO3S. The van der Waals surface area contributed by atoms with Crippen LogP contribution in [0.4, 0.5) is 0 Å². The summed E-state index contributed by atoms with van der Waals surface area (Å²) in [6.45, 7) is 1.83. The maximum Gasteiger partial charge on any atom is 0.341 e. The van der Waals surface area contributed by atoms with Gasteiger partial charge in [-0.15, -0.1) is 0 Å². The van der Waals surface area contributed by atoms with Gasteiger partial charge in [0, 0.05) is 27.2 Å². The lowest BCUT2D eigenvalue weighted by molar-refractivity contribution is 0.0695. The van der Waals surface area contributed by atoms with E-state index in [1.54, 1.807) is 0 Å². The van der Waals surface area contributed by atoms with Crippen LogP contribution in [0.5, 0.6) is 0 Å². The molecule has 0 aliphatic heterocycles. The number of rotatable bonds is 3. The van der Waals surface area contributed by atoms with Crippen molar-refractivity contribution in [2.45, 2.75) is 13.3 Å². The van der Waals surface area contributed by atoms with Crippen molar-refractivity contribution in [3.63, 3.8) is 0 Å². The number of carbonyl (C=O) groups is 1. The molecule has 0 fully saturated rings. The molecule has 2 heterocycles. The highest BCUT2D eigenvalue weighted by Gasteiger charge is 2.23. The van der Waals surface area contributed by atoms with Crippen molar-refractivity contribution in [3.8, 4) is 11.3 Å². The molecule has 1 N–H and O–H groups in total. The van der Waals surface area contributed by atoms with Crippen molar-refractivity contribution in [2.75, 3.05) is 0 Å². The number of halogens is 1. The Balaban J connectivity index is 2.62. The number of aromatic nitrogens is 1. The van der Waals surface area contributed by atoms with Gasteiger partial charge in [-0.1, -0.05) is 12.1 Å². The molecule has 0 unspecified atom stereocenters. The maximum atomic E-state index is 11.2. The number of carboxylic acids is 1. The number of nitrogens with zero attached hydrogens (tertiary/aromatic N) is 1. The maximum absolute atomic E-state index is 11.2. The second-order valence-electron chi connectivity index (χ2n) is 3.12. The monoisotopic (exact) mass is 301 g/mol. The van der Waals surface area contributed by atoms with E-state index in [0.29, 0.717) is 17.9 Å². The number of aryl methyl sites for hydroxylation is 1. The average molecular weight is 302 g/mol. The number of thiophene rings is 1. The molecule has 6 heteroatoms. The van der Waals surface area contributed by atoms with E-state index in [4.69, 9.17) is 9.63 Å². The Bertz CT molecular complexity index is 532. The number of hydrogen-bond acceptors (Lipinski definition) is 4. The lowest BCUT2D eigenvalue weighted by Crippen LogP contribution is -2.00. The van der Waals surface area contributed by atoms with Gasteiger partial charge < -0.3 is 9.63 Å². The van der Waals surface area contributed by atoms with Crippen LogP contribution in [0.15, 0.2) is 19.8 Å². The summed E-state index contributed by atoms with van der Waals surface area (Å²) < 4.78 is 5.87. The number of hydrogen-bond donors (Lipinski definition) is 1. The van der Waals surface area contributed by atoms with Crippen LogP contribution in [-0.4, -0.2) is 16.2 Å². The molecule has 0 saturated carbocycles. The van der Waals surface area contributed by atoms with Crippen LogP contribution in [0.3, 0.4) is 0 Å². The van der Waals surface area contributed by atoms with Gasteiger partial charge in [0.15, 0.2) is 5.76 Å². The van der Waals surface area contributed by atoms with E-state index < -0.39 is 5.97 Å². The second-order valence-corrected chi connectivity index (χ2v) is 4.72. The van der Waals surface area contributed by atoms with Gasteiger partial charge in [0.05, 0.1) is 0 Å². The molecule has 2 aromatic rings. The van der Waals surface area contributed by atoms with Gasteiger partial charge >= 0.3 is 5.97 Å². The first-order valence-corrected chi connectivity index (χ1v) is 6.32. The molecule has 0 aromatic carbocycles. The molecule has 0 atom stereocenters. The quantitative estimate of drug-likeness (QED) is 0.943. The summed E-state index contributed by atoms with van der Waals surface area (Å²) in [6, 6.07) is 0. The zero-order valence-electron chi connectivity index (χ0n) is 8.36. The Labute approximate surface area is 104 Å². The average Bonchev–Trinajstić information content (AvgIpc) is 2.82. The number of aromatic carboxylic acids is 1. The lowest BCUT2D eigenvalue weighted by Gasteiger charge is -1.96. The lowest BCUT2D eigenvalue weighted by atomic mass is 10.1. The number of carboxylic acid groups (broad SMARTS) is 1.